The molecule has 5 nitrogen and oxygen atoms in total. The summed E-state index contributed by atoms with van der Waals surface area (Å²) in [5.74, 6) is 0.375. The van der Waals surface area contributed by atoms with Crippen molar-refractivity contribution in [1.82, 2.24) is 10.2 Å². The van der Waals surface area contributed by atoms with Crippen LogP contribution in [-0.2, 0) is 13.1 Å². The Morgan fingerprint density at radius 3 is 2.23 bits per heavy atom. The molecule has 1 atom stereocenters. The fraction of sp³-hybridized carbons (Fsp3) is 0.333. The predicted molar refractivity (Wildman–Crippen MR) is 103 cm³/mol. The van der Waals surface area contributed by atoms with Crippen LogP contribution in [0.4, 0.5) is 10.5 Å². The molecular formula is C21H25N3O2. The predicted octanol–water partition coefficient (Wildman–Crippen LogP) is 4.01. The molecule has 3 rings (SSSR count). The highest BCUT2D eigenvalue weighted by molar-refractivity contribution is 5.95. The molecule has 3 amide bonds. The minimum Gasteiger partial charge on any atom is -0.352 e. The number of amides is 3. The summed E-state index contributed by atoms with van der Waals surface area (Å²) < 4.78 is 0. The van der Waals surface area contributed by atoms with Crippen LogP contribution in [0.1, 0.15) is 41.8 Å². The molecule has 26 heavy (non-hydrogen) atoms. The summed E-state index contributed by atoms with van der Waals surface area (Å²) in [6, 6.07) is 15.0. The van der Waals surface area contributed by atoms with Crippen LogP contribution in [0.15, 0.2) is 48.5 Å². The van der Waals surface area contributed by atoms with Gasteiger partial charge in [0.1, 0.15) is 0 Å². The number of urea groups is 1. The van der Waals surface area contributed by atoms with Gasteiger partial charge >= 0.3 is 6.03 Å². The van der Waals surface area contributed by atoms with Crippen molar-refractivity contribution in [2.24, 2.45) is 5.92 Å². The molecule has 136 valence electrons. The standard InChI is InChI=1S/C21H25N3O2/c1-3-15(2)12-22-20(25)16-8-10-19(11-9-16)23-21(26)24-13-17-6-4-5-7-18(17)14-24/h4-11,15H,3,12-14H2,1-2H3,(H,22,25)(H,23,26)/t15-/m0/s1. The van der Waals surface area contributed by atoms with Gasteiger partial charge in [0.2, 0.25) is 0 Å². The Labute approximate surface area is 154 Å². The van der Waals surface area contributed by atoms with Crippen LogP contribution in [0.2, 0.25) is 0 Å². The molecule has 0 saturated carbocycles. The number of hydrogen-bond acceptors (Lipinski definition) is 2. The second-order valence-electron chi connectivity index (χ2n) is 6.86. The molecule has 0 saturated heterocycles. The highest BCUT2D eigenvalue weighted by Gasteiger charge is 2.22. The number of anilines is 1. The number of fused-ring (bicyclic) bond motifs is 1. The van der Waals surface area contributed by atoms with Crippen LogP contribution in [-0.4, -0.2) is 23.4 Å². The van der Waals surface area contributed by atoms with Crippen molar-refractivity contribution in [3.8, 4) is 0 Å². The lowest BCUT2D eigenvalue weighted by molar-refractivity contribution is 0.0948. The Kier molecular flexibility index (Phi) is 5.56. The van der Waals surface area contributed by atoms with E-state index in [-0.39, 0.29) is 11.9 Å². The number of benzene rings is 2. The number of rotatable bonds is 5. The number of nitrogens with zero attached hydrogens (tertiary/aromatic N) is 1. The van der Waals surface area contributed by atoms with Gasteiger partial charge in [-0.2, -0.15) is 0 Å². The molecule has 0 spiro atoms. The lowest BCUT2D eigenvalue weighted by atomic mass is 10.1. The molecule has 1 aliphatic heterocycles. The first-order valence-corrected chi connectivity index (χ1v) is 9.07. The summed E-state index contributed by atoms with van der Waals surface area (Å²) in [4.78, 5) is 26.4. The number of hydrogen-bond donors (Lipinski definition) is 2. The molecule has 2 aromatic rings. The molecule has 2 aromatic carbocycles. The first kappa shape index (κ1) is 18.0. The molecule has 1 heterocycles. The first-order chi connectivity index (χ1) is 12.6. The Hall–Kier alpha value is -2.82. The van der Waals surface area contributed by atoms with E-state index in [1.165, 1.54) is 11.1 Å². The first-order valence-electron chi connectivity index (χ1n) is 9.07. The topological polar surface area (TPSA) is 61.4 Å². The number of carbonyl (C=O) groups excluding carboxylic acids is 2. The summed E-state index contributed by atoms with van der Waals surface area (Å²) in [6.45, 7) is 6.13. The van der Waals surface area contributed by atoms with Crippen LogP contribution in [0.3, 0.4) is 0 Å². The fourth-order valence-corrected chi connectivity index (χ4v) is 2.90. The number of carbonyl (C=O) groups is 2. The lowest BCUT2D eigenvalue weighted by Gasteiger charge is -2.16. The van der Waals surface area contributed by atoms with Crippen molar-refractivity contribution < 1.29 is 9.59 Å². The third-order valence-corrected chi connectivity index (χ3v) is 4.83. The van der Waals surface area contributed by atoms with Gasteiger partial charge in [0.25, 0.3) is 5.91 Å². The lowest BCUT2D eigenvalue weighted by Crippen LogP contribution is -2.30. The second-order valence-corrected chi connectivity index (χ2v) is 6.86. The van der Waals surface area contributed by atoms with Crippen molar-refractivity contribution in [3.63, 3.8) is 0 Å². The van der Waals surface area contributed by atoms with Crippen LogP contribution in [0, 0.1) is 5.92 Å². The molecule has 0 bridgehead atoms. The molecule has 0 unspecified atom stereocenters. The third kappa shape index (κ3) is 4.23. The maximum absolute atomic E-state index is 12.4. The van der Waals surface area contributed by atoms with E-state index >= 15 is 0 Å². The maximum atomic E-state index is 12.4. The van der Waals surface area contributed by atoms with Crippen LogP contribution >= 0.6 is 0 Å². The van der Waals surface area contributed by atoms with Gasteiger partial charge in [-0.15, -0.1) is 0 Å². The Morgan fingerprint density at radius 1 is 1.04 bits per heavy atom. The minimum atomic E-state index is -0.129. The van der Waals surface area contributed by atoms with E-state index in [0.29, 0.717) is 36.8 Å². The monoisotopic (exact) mass is 351 g/mol. The average Bonchev–Trinajstić information content (AvgIpc) is 3.10. The fourth-order valence-electron chi connectivity index (χ4n) is 2.90. The van der Waals surface area contributed by atoms with E-state index in [1.54, 1.807) is 29.2 Å². The normalized spacial score (nSPS) is 13.8. The van der Waals surface area contributed by atoms with Crippen LogP contribution in [0.25, 0.3) is 0 Å². The van der Waals surface area contributed by atoms with E-state index < -0.39 is 0 Å². The Balaban J connectivity index is 1.54. The van der Waals surface area contributed by atoms with E-state index in [2.05, 4.69) is 36.6 Å². The van der Waals surface area contributed by atoms with Gasteiger partial charge in [-0.25, -0.2) is 4.79 Å². The van der Waals surface area contributed by atoms with E-state index in [9.17, 15) is 9.59 Å². The second kappa shape index (κ2) is 8.04. The molecule has 5 heteroatoms. The zero-order valence-corrected chi connectivity index (χ0v) is 15.3. The SMILES string of the molecule is CC[C@H](C)CNC(=O)c1ccc(NC(=O)N2Cc3ccccc3C2)cc1. The van der Waals surface area contributed by atoms with Gasteiger partial charge in [-0.1, -0.05) is 44.5 Å². The van der Waals surface area contributed by atoms with Crippen LogP contribution in [0.5, 0.6) is 0 Å². The molecule has 0 fully saturated rings. The van der Waals surface area contributed by atoms with Crippen molar-refractivity contribution in [2.75, 3.05) is 11.9 Å². The summed E-state index contributed by atoms with van der Waals surface area (Å²) >= 11 is 0. The zero-order chi connectivity index (χ0) is 18.5. The van der Waals surface area contributed by atoms with Gasteiger partial charge in [0, 0.05) is 30.9 Å². The highest BCUT2D eigenvalue weighted by atomic mass is 16.2. The largest absolute Gasteiger partial charge is 0.352 e. The summed E-state index contributed by atoms with van der Waals surface area (Å²) in [7, 11) is 0. The number of nitrogens with one attached hydrogen (secondary N) is 2. The van der Waals surface area contributed by atoms with E-state index in [1.807, 2.05) is 12.1 Å². The van der Waals surface area contributed by atoms with Gasteiger partial charge in [0.05, 0.1) is 0 Å². The van der Waals surface area contributed by atoms with Crippen molar-refractivity contribution in [3.05, 3.63) is 65.2 Å². The Bertz CT molecular complexity index is 761. The quantitative estimate of drug-likeness (QED) is 0.855. The van der Waals surface area contributed by atoms with Gasteiger partial charge in [0.15, 0.2) is 0 Å². The van der Waals surface area contributed by atoms with Gasteiger partial charge < -0.3 is 15.5 Å². The van der Waals surface area contributed by atoms with Crippen molar-refractivity contribution >= 4 is 17.6 Å². The Morgan fingerprint density at radius 2 is 1.65 bits per heavy atom. The third-order valence-electron chi connectivity index (χ3n) is 4.83. The smallest absolute Gasteiger partial charge is 0.322 e. The summed E-state index contributed by atoms with van der Waals surface area (Å²) in [6.07, 6.45) is 1.03. The van der Waals surface area contributed by atoms with Crippen molar-refractivity contribution in [2.45, 2.75) is 33.4 Å². The molecule has 0 aliphatic carbocycles. The molecule has 0 aromatic heterocycles. The van der Waals surface area contributed by atoms with E-state index in [0.717, 1.165) is 6.42 Å². The minimum absolute atomic E-state index is 0.0850. The average molecular weight is 351 g/mol. The van der Waals surface area contributed by atoms with Crippen molar-refractivity contribution in [1.29, 1.82) is 0 Å². The molecule has 0 radical (unpaired) electrons. The molecule has 2 N–H and O–H groups in total. The van der Waals surface area contributed by atoms with Crippen LogP contribution < -0.4 is 10.6 Å². The molecule has 1 aliphatic rings. The van der Waals surface area contributed by atoms with Gasteiger partial charge in [-0.3, -0.25) is 4.79 Å². The summed E-state index contributed by atoms with van der Waals surface area (Å²) in [5.41, 5.74) is 3.66. The van der Waals surface area contributed by atoms with Gasteiger partial charge in [-0.05, 0) is 41.3 Å². The molecular weight excluding hydrogens is 326 g/mol. The summed E-state index contributed by atoms with van der Waals surface area (Å²) in [5, 5.41) is 5.83. The maximum Gasteiger partial charge on any atom is 0.322 e. The highest BCUT2D eigenvalue weighted by Crippen LogP contribution is 2.23. The zero-order valence-electron chi connectivity index (χ0n) is 15.3. The van der Waals surface area contributed by atoms with E-state index in [4.69, 9.17) is 0 Å².